The summed E-state index contributed by atoms with van der Waals surface area (Å²) in [7, 11) is 3.85. The Morgan fingerprint density at radius 3 is 2.77 bits per heavy atom. The maximum atomic E-state index is 5.22. The van der Waals surface area contributed by atoms with E-state index in [4.69, 9.17) is 5.84 Å². The molecule has 0 aliphatic heterocycles. The maximum Gasteiger partial charge on any atom is 0.205 e. The summed E-state index contributed by atoms with van der Waals surface area (Å²) < 4.78 is 0. The number of aliphatic imine (C=N–C) groups is 1. The molecule has 1 rings (SSSR count). The number of likely N-dealkylation sites (N-methyl/N-ethyl adjacent to an activating group) is 1. The highest BCUT2D eigenvalue weighted by atomic mass is 15.3. The molecule has 0 radical (unpaired) electrons. The number of nitrogens with two attached hydrogens (primary N) is 1. The van der Waals surface area contributed by atoms with Gasteiger partial charge in [0.05, 0.1) is 0 Å². The van der Waals surface area contributed by atoms with Crippen LogP contribution in [0.2, 0.25) is 0 Å². The molecule has 0 saturated heterocycles. The highest BCUT2D eigenvalue weighted by Crippen LogP contribution is 2.24. The van der Waals surface area contributed by atoms with Gasteiger partial charge in [0, 0.05) is 26.2 Å². The van der Waals surface area contributed by atoms with Gasteiger partial charge in [-0.05, 0) is 19.9 Å². The van der Waals surface area contributed by atoms with Gasteiger partial charge in [-0.3, -0.25) is 10.4 Å². The molecule has 0 bridgehead atoms. The molecule has 0 aromatic carbocycles. The highest BCUT2D eigenvalue weighted by molar-refractivity contribution is 5.78. The summed E-state index contributed by atoms with van der Waals surface area (Å²) in [5.41, 5.74) is 2.49. The fourth-order valence-corrected chi connectivity index (χ4v) is 1.24. The van der Waals surface area contributed by atoms with E-state index in [1.54, 1.807) is 7.05 Å². The maximum absolute atomic E-state index is 5.22. The normalized spacial score (nSPS) is 17.7. The van der Waals surface area contributed by atoms with Crippen molar-refractivity contribution in [1.82, 2.24) is 15.6 Å². The molecule has 0 unspecified atom stereocenters. The summed E-state index contributed by atoms with van der Waals surface area (Å²) >= 11 is 0. The lowest BCUT2D eigenvalue weighted by molar-refractivity contribution is 0.328. The van der Waals surface area contributed by atoms with Gasteiger partial charge in [0.15, 0.2) is 0 Å². The third-order valence-corrected chi connectivity index (χ3v) is 2.29. The third kappa shape index (κ3) is 3.61. The van der Waals surface area contributed by atoms with E-state index < -0.39 is 0 Å². The Morgan fingerprint density at radius 2 is 2.31 bits per heavy atom. The number of nitrogens with zero attached hydrogens (tertiary/aromatic N) is 2. The van der Waals surface area contributed by atoms with Crippen LogP contribution in [-0.2, 0) is 0 Å². The van der Waals surface area contributed by atoms with E-state index in [0.717, 1.165) is 19.1 Å². The molecule has 0 amide bonds. The van der Waals surface area contributed by atoms with Gasteiger partial charge in [-0.25, -0.2) is 5.84 Å². The lowest BCUT2D eigenvalue weighted by Crippen LogP contribution is -2.44. The van der Waals surface area contributed by atoms with Crippen LogP contribution in [0.4, 0.5) is 0 Å². The topological polar surface area (TPSA) is 65.7 Å². The smallest absolute Gasteiger partial charge is 0.205 e. The minimum atomic E-state index is 0.643. The van der Waals surface area contributed by atoms with E-state index in [0.29, 0.717) is 5.96 Å². The van der Waals surface area contributed by atoms with E-state index in [2.05, 4.69) is 27.7 Å². The standard InChI is InChI=1S/C8H19N5/c1-10-8(12-9)11-5-6-13(2)7-3-4-7/h7H,3-6,9H2,1-2H3,(H2,10,11,12). The van der Waals surface area contributed by atoms with Gasteiger partial charge in [-0.15, -0.1) is 0 Å². The fourth-order valence-electron chi connectivity index (χ4n) is 1.24. The Balaban J connectivity index is 2.05. The van der Waals surface area contributed by atoms with Crippen molar-refractivity contribution in [3.8, 4) is 0 Å². The molecular formula is C8H19N5. The van der Waals surface area contributed by atoms with Gasteiger partial charge in [0.25, 0.3) is 0 Å². The van der Waals surface area contributed by atoms with Crippen LogP contribution in [0.25, 0.3) is 0 Å². The first-order valence-corrected chi connectivity index (χ1v) is 4.65. The molecule has 0 spiro atoms. The molecule has 1 saturated carbocycles. The minimum Gasteiger partial charge on any atom is -0.354 e. The zero-order valence-corrected chi connectivity index (χ0v) is 8.38. The zero-order valence-electron chi connectivity index (χ0n) is 8.38. The van der Waals surface area contributed by atoms with E-state index in [-0.39, 0.29) is 0 Å². The minimum absolute atomic E-state index is 0.643. The van der Waals surface area contributed by atoms with E-state index in [1.807, 2.05) is 0 Å². The second kappa shape index (κ2) is 5.04. The molecule has 4 N–H and O–H groups in total. The van der Waals surface area contributed by atoms with Crippen molar-refractivity contribution < 1.29 is 0 Å². The fraction of sp³-hybridized carbons (Fsp3) is 0.875. The van der Waals surface area contributed by atoms with Crippen molar-refractivity contribution in [2.24, 2.45) is 10.8 Å². The van der Waals surface area contributed by atoms with E-state index in [9.17, 15) is 0 Å². The summed E-state index contributed by atoms with van der Waals surface area (Å²) in [5.74, 6) is 5.86. The van der Waals surface area contributed by atoms with Crippen LogP contribution in [0, 0.1) is 0 Å². The van der Waals surface area contributed by atoms with Crippen LogP contribution in [0.15, 0.2) is 4.99 Å². The molecule has 5 nitrogen and oxygen atoms in total. The molecule has 76 valence electrons. The van der Waals surface area contributed by atoms with Crippen molar-refractivity contribution >= 4 is 5.96 Å². The predicted octanol–water partition coefficient (Wildman–Crippen LogP) is -0.881. The Morgan fingerprint density at radius 1 is 1.62 bits per heavy atom. The first-order valence-electron chi connectivity index (χ1n) is 4.65. The van der Waals surface area contributed by atoms with Gasteiger partial charge >= 0.3 is 0 Å². The number of hydrogen-bond acceptors (Lipinski definition) is 3. The Hall–Kier alpha value is -0.810. The van der Waals surface area contributed by atoms with Gasteiger partial charge in [-0.1, -0.05) is 0 Å². The zero-order chi connectivity index (χ0) is 9.68. The molecule has 0 aromatic heterocycles. The second-order valence-corrected chi connectivity index (χ2v) is 3.36. The Bertz CT molecular complexity index is 175. The molecule has 1 fully saturated rings. The van der Waals surface area contributed by atoms with Crippen molar-refractivity contribution in [1.29, 1.82) is 0 Å². The first-order chi connectivity index (χ1) is 6.27. The van der Waals surface area contributed by atoms with Gasteiger partial charge in [-0.2, -0.15) is 0 Å². The van der Waals surface area contributed by atoms with Crippen LogP contribution in [0.5, 0.6) is 0 Å². The summed E-state index contributed by atoms with van der Waals surface area (Å²) in [5, 5.41) is 3.10. The third-order valence-electron chi connectivity index (χ3n) is 2.29. The SMILES string of the molecule is CN=C(NN)NCCN(C)C1CC1. The van der Waals surface area contributed by atoms with Crippen LogP contribution >= 0.6 is 0 Å². The Kier molecular flexibility index (Phi) is 3.98. The molecule has 0 aromatic rings. The van der Waals surface area contributed by atoms with Crippen molar-refractivity contribution in [2.75, 3.05) is 27.2 Å². The van der Waals surface area contributed by atoms with Crippen molar-refractivity contribution in [2.45, 2.75) is 18.9 Å². The van der Waals surface area contributed by atoms with Gasteiger partial charge in [0.1, 0.15) is 0 Å². The van der Waals surface area contributed by atoms with Gasteiger partial charge < -0.3 is 10.2 Å². The summed E-state index contributed by atoms with van der Waals surface area (Å²) in [4.78, 5) is 6.27. The Labute approximate surface area is 79.4 Å². The quantitative estimate of drug-likeness (QED) is 0.230. The molecule has 5 heteroatoms. The molecule has 13 heavy (non-hydrogen) atoms. The summed E-state index contributed by atoms with van der Waals surface area (Å²) in [6, 6.07) is 0.814. The van der Waals surface area contributed by atoms with E-state index in [1.165, 1.54) is 12.8 Å². The van der Waals surface area contributed by atoms with Crippen LogP contribution in [0.1, 0.15) is 12.8 Å². The monoisotopic (exact) mass is 185 g/mol. The van der Waals surface area contributed by atoms with Crippen LogP contribution < -0.4 is 16.6 Å². The largest absolute Gasteiger partial charge is 0.354 e. The molecule has 1 aliphatic rings. The average Bonchev–Trinajstić information content (AvgIpc) is 2.95. The number of hydrogen-bond donors (Lipinski definition) is 3. The number of guanidine groups is 1. The van der Waals surface area contributed by atoms with E-state index >= 15 is 0 Å². The molecule has 1 aliphatic carbocycles. The average molecular weight is 185 g/mol. The molecular weight excluding hydrogens is 166 g/mol. The number of nitrogens with one attached hydrogen (secondary N) is 2. The number of hydrazine groups is 1. The second-order valence-electron chi connectivity index (χ2n) is 3.36. The highest BCUT2D eigenvalue weighted by Gasteiger charge is 2.25. The molecule has 0 heterocycles. The lowest BCUT2D eigenvalue weighted by Gasteiger charge is -2.16. The van der Waals surface area contributed by atoms with Crippen molar-refractivity contribution in [3.63, 3.8) is 0 Å². The number of rotatable bonds is 4. The summed E-state index contributed by atoms with van der Waals surface area (Å²) in [6.07, 6.45) is 2.70. The summed E-state index contributed by atoms with van der Waals surface area (Å²) in [6.45, 7) is 1.91. The van der Waals surface area contributed by atoms with Gasteiger partial charge in [0.2, 0.25) is 5.96 Å². The van der Waals surface area contributed by atoms with Crippen molar-refractivity contribution in [3.05, 3.63) is 0 Å². The van der Waals surface area contributed by atoms with Crippen LogP contribution in [-0.4, -0.2) is 44.1 Å². The predicted molar refractivity (Wildman–Crippen MR) is 54.3 cm³/mol. The van der Waals surface area contributed by atoms with Crippen LogP contribution in [0.3, 0.4) is 0 Å². The molecule has 0 atom stereocenters. The first kappa shape index (κ1) is 10.3. The lowest BCUT2D eigenvalue weighted by atomic mass is 10.5.